The molecule has 0 aliphatic carbocycles. The molecule has 56 valence electrons. The standard InChI is InChI=1S/C8H16BN/c1-10-4-2-8(3-5-10)6-9-7-8/h9H,2-7H2,1H3. The number of rotatable bonds is 0. The summed E-state index contributed by atoms with van der Waals surface area (Å²) < 4.78 is 0. The maximum Gasteiger partial charge on any atom is 0.121 e. The minimum absolute atomic E-state index is 0.840. The SMILES string of the molecule is CN1CCC2(CBC2)CC1. The highest BCUT2D eigenvalue weighted by molar-refractivity contribution is 6.40. The lowest BCUT2D eigenvalue weighted by molar-refractivity contribution is 0.142. The van der Waals surface area contributed by atoms with E-state index in [2.05, 4.69) is 11.9 Å². The molecule has 10 heavy (non-hydrogen) atoms. The van der Waals surface area contributed by atoms with Crippen LogP contribution in [0, 0.1) is 5.41 Å². The summed E-state index contributed by atoms with van der Waals surface area (Å²) >= 11 is 0. The molecule has 0 saturated carbocycles. The van der Waals surface area contributed by atoms with Crippen molar-refractivity contribution in [2.45, 2.75) is 25.5 Å². The van der Waals surface area contributed by atoms with Crippen LogP contribution in [0.4, 0.5) is 0 Å². The number of hydrogen-bond donors (Lipinski definition) is 0. The molecule has 0 aromatic rings. The first-order valence-corrected chi connectivity index (χ1v) is 4.49. The lowest BCUT2D eigenvalue weighted by Gasteiger charge is -2.47. The van der Waals surface area contributed by atoms with E-state index in [1.165, 1.54) is 45.9 Å². The first kappa shape index (κ1) is 6.72. The summed E-state index contributed by atoms with van der Waals surface area (Å²) in [6.07, 6.45) is 6.01. The van der Waals surface area contributed by atoms with Crippen molar-refractivity contribution in [1.82, 2.24) is 4.90 Å². The Labute approximate surface area is 64.0 Å². The Kier molecular flexibility index (Phi) is 1.52. The molecule has 2 heteroatoms. The fourth-order valence-electron chi connectivity index (χ4n) is 2.27. The van der Waals surface area contributed by atoms with E-state index in [9.17, 15) is 0 Å². The molecule has 2 rings (SSSR count). The zero-order valence-corrected chi connectivity index (χ0v) is 6.90. The maximum atomic E-state index is 2.46. The quantitative estimate of drug-likeness (QED) is 0.450. The second-order valence-electron chi connectivity index (χ2n) is 4.16. The third-order valence-corrected chi connectivity index (χ3v) is 3.46. The Bertz CT molecular complexity index is 121. The summed E-state index contributed by atoms with van der Waals surface area (Å²) in [6, 6.07) is 0. The van der Waals surface area contributed by atoms with Gasteiger partial charge in [-0.1, -0.05) is 12.6 Å². The highest BCUT2D eigenvalue weighted by Crippen LogP contribution is 2.45. The molecule has 0 N–H and O–H groups in total. The zero-order valence-electron chi connectivity index (χ0n) is 6.90. The fourth-order valence-corrected chi connectivity index (χ4v) is 2.27. The Morgan fingerprint density at radius 3 is 2.20 bits per heavy atom. The summed E-state index contributed by atoms with van der Waals surface area (Å²) in [4.78, 5) is 2.46. The van der Waals surface area contributed by atoms with Gasteiger partial charge in [0.25, 0.3) is 0 Å². The molecule has 0 unspecified atom stereocenters. The summed E-state index contributed by atoms with van der Waals surface area (Å²) in [6.45, 7) is 2.69. The second-order valence-corrected chi connectivity index (χ2v) is 4.16. The third kappa shape index (κ3) is 0.988. The smallest absolute Gasteiger partial charge is 0.121 e. The van der Waals surface area contributed by atoms with Crippen molar-refractivity contribution < 1.29 is 0 Å². The molecule has 0 radical (unpaired) electrons. The third-order valence-electron chi connectivity index (χ3n) is 3.46. The maximum absolute atomic E-state index is 2.46. The van der Waals surface area contributed by atoms with E-state index < -0.39 is 0 Å². The van der Waals surface area contributed by atoms with Gasteiger partial charge in [0.1, 0.15) is 7.28 Å². The molecule has 2 aliphatic rings. The number of nitrogens with zero attached hydrogens (tertiary/aromatic N) is 1. The van der Waals surface area contributed by atoms with E-state index in [0.717, 1.165) is 5.41 Å². The van der Waals surface area contributed by atoms with E-state index >= 15 is 0 Å². The lowest BCUT2D eigenvalue weighted by Crippen LogP contribution is -2.43. The summed E-state index contributed by atoms with van der Waals surface area (Å²) in [7, 11) is 3.75. The largest absolute Gasteiger partial charge is 0.306 e. The van der Waals surface area contributed by atoms with Gasteiger partial charge in [-0.05, 0) is 38.4 Å². The molecular formula is C8H16BN. The van der Waals surface area contributed by atoms with Crippen LogP contribution in [0.1, 0.15) is 12.8 Å². The van der Waals surface area contributed by atoms with Crippen molar-refractivity contribution in [1.29, 1.82) is 0 Å². The van der Waals surface area contributed by atoms with Crippen molar-refractivity contribution in [2.24, 2.45) is 5.41 Å². The molecule has 2 heterocycles. The van der Waals surface area contributed by atoms with E-state index in [1.807, 2.05) is 0 Å². The van der Waals surface area contributed by atoms with E-state index in [4.69, 9.17) is 0 Å². The molecule has 0 aromatic carbocycles. The molecule has 0 aromatic heterocycles. The Balaban J connectivity index is 1.90. The van der Waals surface area contributed by atoms with Crippen LogP contribution in [-0.4, -0.2) is 32.3 Å². The van der Waals surface area contributed by atoms with Crippen LogP contribution in [0.2, 0.25) is 12.6 Å². The molecule has 0 bridgehead atoms. The van der Waals surface area contributed by atoms with Crippen molar-refractivity contribution in [3.05, 3.63) is 0 Å². The van der Waals surface area contributed by atoms with Gasteiger partial charge in [0.05, 0.1) is 0 Å². The van der Waals surface area contributed by atoms with E-state index in [0.29, 0.717) is 0 Å². The van der Waals surface area contributed by atoms with Gasteiger partial charge in [-0.2, -0.15) is 0 Å². The predicted octanol–water partition coefficient (Wildman–Crippen LogP) is 0.985. The van der Waals surface area contributed by atoms with Gasteiger partial charge < -0.3 is 4.90 Å². The molecular weight excluding hydrogens is 121 g/mol. The van der Waals surface area contributed by atoms with Gasteiger partial charge in [-0.25, -0.2) is 0 Å². The highest BCUT2D eigenvalue weighted by atomic mass is 15.1. The monoisotopic (exact) mass is 137 g/mol. The van der Waals surface area contributed by atoms with Crippen LogP contribution in [0.15, 0.2) is 0 Å². The minimum Gasteiger partial charge on any atom is -0.306 e. The van der Waals surface area contributed by atoms with Crippen molar-refractivity contribution >= 4 is 7.28 Å². The summed E-state index contributed by atoms with van der Waals surface area (Å²) in [5.74, 6) is 0. The molecule has 2 saturated heterocycles. The van der Waals surface area contributed by atoms with Gasteiger partial charge in [-0.15, -0.1) is 0 Å². The normalized spacial score (nSPS) is 31.3. The average Bonchev–Trinajstić information content (AvgIpc) is 1.86. The lowest BCUT2D eigenvalue weighted by atomic mass is 9.40. The topological polar surface area (TPSA) is 3.24 Å². The van der Waals surface area contributed by atoms with Crippen molar-refractivity contribution in [3.63, 3.8) is 0 Å². The minimum atomic E-state index is 0.840. The predicted molar refractivity (Wildman–Crippen MR) is 45.9 cm³/mol. The van der Waals surface area contributed by atoms with E-state index in [-0.39, 0.29) is 0 Å². The van der Waals surface area contributed by atoms with Gasteiger partial charge in [0.2, 0.25) is 0 Å². The molecule has 2 aliphatic heterocycles. The average molecular weight is 137 g/mol. The van der Waals surface area contributed by atoms with Crippen LogP contribution in [0.5, 0.6) is 0 Å². The van der Waals surface area contributed by atoms with Gasteiger partial charge >= 0.3 is 0 Å². The first-order valence-electron chi connectivity index (χ1n) is 4.49. The van der Waals surface area contributed by atoms with Crippen molar-refractivity contribution in [2.75, 3.05) is 20.1 Å². The Morgan fingerprint density at radius 2 is 1.80 bits per heavy atom. The van der Waals surface area contributed by atoms with Crippen LogP contribution in [-0.2, 0) is 0 Å². The van der Waals surface area contributed by atoms with Gasteiger partial charge in [0.15, 0.2) is 0 Å². The van der Waals surface area contributed by atoms with E-state index in [1.54, 1.807) is 0 Å². The molecule has 1 spiro atoms. The molecule has 0 amide bonds. The molecule has 0 atom stereocenters. The summed E-state index contributed by atoms with van der Waals surface area (Å²) in [5, 5.41) is 0. The van der Waals surface area contributed by atoms with Crippen LogP contribution < -0.4 is 0 Å². The van der Waals surface area contributed by atoms with Crippen LogP contribution in [0.25, 0.3) is 0 Å². The van der Waals surface area contributed by atoms with Crippen LogP contribution >= 0.6 is 0 Å². The van der Waals surface area contributed by atoms with Crippen molar-refractivity contribution in [3.8, 4) is 0 Å². The fraction of sp³-hybridized carbons (Fsp3) is 1.00. The van der Waals surface area contributed by atoms with Gasteiger partial charge in [-0.3, -0.25) is 0 Å². The Hall–Kier alpha value is 0.0249. The zero-order chi connectivity index (χ0) is 7.03. The van der Waals surface area contributed by atoms with Crippen LogP contribution in [0.3, 0.4) is 0 Å². The molecule has 1 nitrogen and oxygen atoms in total. The number of piperidine rings is 1. The number of hydrogen-bond acceptors (Lipinski definition) is 1. The first-order chi connectivity index (χ1) is 4.81. The highest BCUT2D eigenvalue weighted by Gasteiger charge is 2.38. The second kappa shape index (κ2) is 2.26. The Morgan fingerprint density at radius 1 is 1.20 bits per heavy atom. The summed E-state index contributed by atoms with van der Waals surface area (Å²) in [5.41, 5.74) is 0.840. The van der Waals surface area contributed by atoms with Gasteiger partial charge in [0, 0.05) is 0 Å². The molecule has 2 fully saturated rings. The number of likely N-dealkylation sites (tertiary alicyclic amines) is 1.